The second-order valence-corrected chi connectivity index (χ2v) is 6.51. The summed E-state index contributed by atoms with van der Waals surface area (Å²) in [6, 6.07) is 12.7. The molecule has 3 rings (SSSR count). The van der Waals surface area contributed by atoms with E-state index in [0.29, 0.717) is 27.7 Å². The molecule has 0 saturated heterocycles. The minimum Gasteiger partial charge on any atom is -0.322 e. The molecule has 0 unspecified atom stereocenters. The van der Waals surface area contributed by atoms with Crippen LogP contribution < -0.4 is 10.9 Å². The first-order valence-corrected chi connectivity index (χ1v) is 8.63. The molecule has 0 aliphatic rings. The van der Waals surface area contributed by atoms with E-state index in [1.807, 2.05) is 0 Å². The first kappa shape index (κ1) is 18.8. The molecule has 0 aliphatic heterocycles. The van der Waals surface area contributed by atoms with E-state index in [1.165, 1.54) is 22.8 Å². The molecule has 0 radical (unpaired) electrons. The monoisotopic (exact) mass is 385 g/mol. The Labute approximate surface area is 160 Å². The quantitative estimate of drug-likeness (QED) is 0.739. The Kier molecular flexibility index (Phi) is 5.37. The Morgan fingerprint density at radius 2 is 1.93 bits per heavy atom. The number of carbonyl (C=O) groups excluding carboxylic acids is 1. The average molecular weight is 386 g/mol. The summed E-state index contributed by atoms with van der Waals surface area (Å²) in [5.74, 6) is -0.753. The van der Waals surface area contributed by atoms with Crippen molar-refractivity contribution in [3.8, 4) is 11.4 Å². The molecule has 0 bridgehead atoms. The van der Waals surface area contributed by atoms with Crippen LogP contribution in [0.15, 0.2) is 53.3 Å². The number of amides is 1. The molecular formula is C20H17ClFN3O2. The first-order chi connectivity index (χ1) is 12.9. The van der Waals surface area contributed by atoms with Gasteiger partial charge < -0.3 is 5.32 Å². The Bertz CT molecular complexity index is 1080. The topological polar surface area (TPSA) is 64.0 Å². The number of halogens is 2. The van der Waals surface area contributed by atoms with E-state index in [1.54, 1.807) is 44.2 Å². The van der Waals surface area contributed by atoms with Crippen LogP contribution in [-0.4, -0.2) is 15.5 Å². The van der Waals surface area contributed by atoms with Gasteiger partial charge in [-0.1, -0.05) is 35.9 Å². The molecule has 1 aromatic heterocycles. The molecule has 0 aliphatic carbocycles. The van der Waals surface area contributed by atoms with Crippen molar-refractivity contribution in [3.05, 3.63) is 81.0 Å². The number of aryl methyl sites for hydroxylation is 1. The van der Waals surface area contributed by atoms with Crippen LogP contribution >= 0.6 is 11.6 Å². The molecule has 1 heterocycles. The normalized spacial score (nSPS) is 10.7. The van der Waals surface area contributed by atoms with E-state index in [-0.39, 0.29) is 17.8 Å². The van der Waals surface area contributed by atoms with Gasteiger partial charge in [-0.3, -0.25) is 14.2 Å². The maximum atomic E-state index is 13.8. The van der Waals surface area contributed by atoms with E-state index in [0.717, 1.165) is 0 Å². The fourth-order valence-electron chi connectivity index (χ4n) is 2.65. The summed E-state index contributed by atoms with van der Waals surface area (Å²) in [7, 11) is 0. The third kappa shape index (κ3) is 4.06. The van der Waals surface area contributed by atoms with Crippen LogP contribution in [0.3, 0.4) is 0 Å². The Morgan fingerprint density at radius 3 is 2.63 bits per heavy atom. The average Bonchev–Trinajstić information content (AvgIpc) is 2.64. The smallest absolute Gasteiger partial charge is 0.257 e. The minimum absolute atomic E-state index is 0.0525. The summed E-state index contributed by atoms with van der Waals surface area (Å²) in [6.45, 7) is 3.08. The highest BCUT2D eigenvalue weighted by atomic mass is 35.5. The molecular weight excluding hydrogens is 369 g/mol. The number of nitrogens with zero attached hydrogens (tertiary/aromatic N) is 2. The molecule has 0 spiro atoms. The van der Waals surface area contributed by atoms with E-state index < -0.39 is 11.7 Å². The zero-order valence-electron chi connectivity index (χ0n) is 14.8. The molecule has 3 aromatic rings. The summed E-state index contributed by atoms with van der Waals surface area (Å²) in [5, 5.41) is 2.97. The Balaban J connectivity index is 2.01. The predicted octanol–water partition coefficient (Wildman–Crippen LogP) is 3.96. The van der Waals surface area contributed by atoms with Gasteiger partial charge in [-0.15, -0.1) is 0 Å². The number of para-hydroxylation sites is 1. The van der Waals surface area contributed by atoms with Gasteiger partial charge in [-0.25, -0.2) is 9.37 Å². The molecule has 7 heteroatoms. The maximum absolute atomic E-state index is 13.8. The van der Waals surface area contributed by atoms with E-state index in [2.05, 4.69) is 10.3 Å². The fourth-order valence-corrected chi connectivity index (χ4v) is 2.84. The molecule has 2 aromatic carbocycles. The summed E-state index contributed by atoms with van der Waals surface area (Å²) < 4.78 is 15.0. The Morgan fingerprint density at radius 1 is 1.19 bits per heavy atom. The highest BCUT2D eigenvalue weighted by Crippen LogP contribution is 2.21. The van der Waals surface area contributed by atoms with E-state index >= 15 is 0 Å². The van der Waals surface area contributed by atoms with Gasteiger partial charge in [-0.05, 0) is 38.1 Å². The zero-order chi connectivity index (χ0) is 19.6. The van der Waals surface area contributed by atoms with Crippen molar-refractivity contribution in [3.63, 3.8) is 0 Å². The van der Waals surface area contributed by atoms with Crippen molar-refractivity contribution in [1.82, 2.24) is 9.55 Å². The number of carbonyl (C=O) groups is 1. The lowest BCUT2D eigenvalue weighted by Crippen LogP contribution is -2.31. The molecule has 1 amide bonds. The minimum atomic E-state index is -0.550. The molecule has 27 heavy (non-hydrogen) atoms. The number of rotatable bonds is 4. The van der Waals surface area contributed by atoms with Crippen LogP contribution in [0.4, 0.5) is 10.1 Å². The standard InChI is InChI=1S/C20H17ClFN3O2/c1-12-13(2)23-19(14-6-5-7-15(21)10-14)25(20(12)27)11-18(26)24-17-9-4-3-8-16(17)22/h3-10H,11H2,1-2H3,(H,24,26). The molecule has 138 valence electrons. The van der Waals surface area contributed by atoms with Crippen molar-refractivity contribution in [1.29, 1.82) is 0 Å². The van der Waals surface area contributed by atoms with Crippen LogP contribution in [-0.2, 0) is 11.3 Å². The lowest BCUT2D eigenvalue weighted by molar-refractivity contribution is -0.116. The molecule has 1 N–H and O–H groups in total. The number of benzene rings is 2. The predicted molar refractivity (Wildman–Crippen MR) is 103 cm³/mol. The van der Waals surface area contributed by atoms with E-state index in [4.69, 9.17) is 11.6 Å². The van der Waals surface area contributed by atoms with Gasteiger partial charge in [-0.2, -0.15) is 0 Å². The summed E-state index contributed by atoms with van der Waals surface area (Å²) >= 11 is 6.05. The van der Waals surface area contributed by atoms with Crippen LogP contribution in [0.5, 0.6) is 0 Å². The fraction of sp³-hybridized carbons (Fsp3) is 0.150. The summed E-state index contributed by atoms with van der Waals surface area (Å²) in [4.78, 5) is 29.7. The lowest BCUT2D eigenvalue weighted by Gasteiger charge is -2.15. The number of nitrogens with one attached hydrogen (secondary N) is 1. The van der Waals surface area contributed by atoms with Gasteiger partial charge in [0.05, 0.1) is 5.69 Å². The van der Waals surface area contributed by atoms with E-state index in [9.17, 15) is 14.0 Å². The van der Waals surface area contributed by atoms with Gasteiger partial charge in [0, 0.05) is 21.8 Å². The van der Waals surface area contributed by atoms with Crippen LogP contribution in [0, 0.1) is 19.7 Å². The molecule has 0 saturated carbocycles. The number of hydrogen-bond acceptors (Lipinski definition) is 3. The SMILES string of the molecule is Cc1nc(-c2cccc(Cl)c2)n(CC(=O)Nc2ccccc2F)c(=O)c1C. The van der Waals surface area contributed by atoms with Gasteiger partial charge in [0.2, 0.25) is 5.91 Å². The van der Waals surface area contributed by atoms with Gasteiger partial charge in [0.15, 0.2) is 0 Å². The maximum Gasteiger partial charge on any atom is 0.257 e. The second-order valence-electron chi connectivity index (χ2n) is 6.08. The van der Waals surface area contributed by atoms with Crippen molar-refractivity contribution < 1.29 is 9.18 Å². The van der Waals surface area contributed by atoms with Gasteiger partial charge in [0.1, 0.15) is 18.2 Å². The molecule has 0 atom stereocenters. The highest BCUT2D eigenvalue weighted by molar-refractivity contribution is 6.30. The van der Waals surface area contributed by atoms with Crippen molar-refractivity contribution in [2.24, 2.45) is 0 Å². The third-order valence-corrected chi connectivity index (χ3v) is 4.41. The lowest BCUT2D eigenvalue weighted by atomic mass is 10.1. The van der Waals surface area contributed by atoms with Gasteiger partial charge >= 0.3 is 0 Å². The highest BCUT2D eigenvalue weighted by Gasteiger charge is 2.16. The Hall–Kier alpha value is -2.99. The van der Waals surface area contributed by atoms with Crippen molar-refractivity contribution in [2.45, 2.75) is 20.4 Å². The van der Waals surface area contributed by atoms with Gasteiger partial charge in [0.25, 0.3) is 5.56 Å². The molecule has 5 nitrogen and oxygen atoms in total. The number of hydrogen-bond donors (Lipinski definition) is 1. The number of anilines is 1. The molecule has 0 fully saturated rings. The van der Waals surface area contributed by atoms with Crippen molar-refractivity contribution >= 4 is 23.2 Å². The summed E-state index contributed by atoms with van der Waals surface area (Å²) in [5.41, 5.74) is 1.35. The largest absolute Gasteiger partial charge is 0.322 e. The third-order valence-electron chi connectivity index (χ3n) is 4.17. The zero-order valence-corrected chi connectivity index (χ0v) is 15.5. The van der Waals surface area contributed by atoms with Crippen LogP contribution in [0.25, 0.3) is 11.4 Å². The van der Waals surface area contributed by atoms with Crippen LogP contribution in [0.1, 0.15) is 11.3 Å². The second kappa shape index (κ2) is 7.72. The first-order valence-electron chi connectivity index (χ1n) is 8.25. The van der Waals surface area contributed by atoms with Crippen molar-refractivity contribution in [2.75, 3.05) is 5.32 Å². The van der Waals surface area contributed by atoms with Crippen LogP contribution in [0.2, 0.25) is 5.02 Å². The summed E-state index contributed by atoms with van der Waals surface area (Å²) in [6.07, 6.45) is 0. The number of aromatic nitrogens is 2.